The number of halogens is 3. The summed E-state index contributed by atoms with van der Waals surface area (Å²) in [6, 6.07) is 1.37. The van der Waals surface area contributed by atoms with Gasteiger partial charge in [0, 0.05) is 22.4 Å². The van der Waals surface area contributed by atoms with E-state index in [1.165, 1.54) is 0 Å². The second-order valence-corrected chi connectivity index (χ2v) is 2.99. The summed E-state index contributed by atoms with van der Waals surface area (Å²) in [5, 5.41) is -0.0126. The summed E-state index contributed by atoms with van der Waals surface area (Å²) in [4.78, 5) is 0. The zero-order chi connectivity index (χ0) is 7.72. The summed E-state index contributed by atoms with van der Waals surface area (Å²) in [7, 11) is 0.260. The first-order valence-electron chi connectivity index (χ1n) is 2.72. The van der Waals surface area contributed by atoms with Crippen molar-refractivity contribution in [3.8, 4) is 0 Å². The van der Waals surface area contributed by atoms with Crippen molar-refractivity contribution < 1.29 is 13.2 Å². The highest BCUT2D eigenvalue weighted by Crippen LogP contribution is 2.01. The largest absolute Gasteiger partial charge is 0.207 e. The molecule has 0 unspecified atom stereocenters. The van der Waals surface area contributed by atoms with Crippen molar-refractivity contribution in [3.63, 3.8) is 0 Å². The van der Waals surface area contributed by atoms with Gasteiger partial charge in [-0.05, 0) is 5.19 Å². The Kier molecular flexibility index (Phi) is 1.80. The third-order valence-electron chi connectivity index (χ3n) is 1.25. The maximum absolute atomic E-state index is 12.4. The van der Waals surface area contributed by atoms with Crippen LogP contribution >= 0.6 is 0 Å². The quantitative estimate of drug-likeness (QED) is 0.474. The lowest BCUT2D eigenvalue weighted by Crippen LogP contribution is -2.13. The molecule has 0 aliphatic carbocycles. The van der Waals surface area contributed by atoms with Crippen LogP contribution in [0.25, 0.3) is 0 Å². The topological polar surface area (TPSA) is 0 Å². The summed E-state index contributed by atoms with van der Waals surface area (Å²) in [6.07, 6.45) is 0. The van der Waals surface area contributed by atoms with Gasteiger partial charge in [-0.15, -0.1) is 0 Å². The fraction of sp³-hybridized carbons (Fsp3) is 0. The normalized spacial score (nSPS) is 10.3. The van der Waals surface area contributed by atoms with Gasteiger partial charge in [-0.25, -0.2) is 13.2 Å². The van der Waals surface area contributed by atoms with E-state index in [1.807, 2.05) is 0 Å². The molecule has 1 aromatic carbocycles. The number of hydrogen-bond donors (Lipinski definition) is 0. The third kappa shape index (κ3) is 1.21. The molecule has 0 heterocycles. The molecule has 0 radical (unpaired) electrons. The fourth-order valence-corrected chi connectivity index (χ4v) is 0.903. The van der Waals surface area contributed by atoms with Gasteiger partial charge in [0.2, 0.25) is 0 Å². The Bertz CT molecular complexity index is 236. The molecule has 0 spiro atoms. The van der Waals surface area contributed by atoms with E-state index in [1.54, 1.807) is 0 Å². The first-order valence-corrected chi connectivity index (χ1v) is 3.72. The van der Waals surface area contributed by atoms with Crippen LogP contribution in [-0.2, 0) is 0 Å². The zero-order valence-electron chi connectivity index (χ0n) is 5.29. The maximum atomic E-state index is 12.4. The Hall–Kier alpha value is -0.773. The second kappa shape index (κ2) is 2.46. The number of rotatable bonds is 0. The molecular formula is C6H5F3Si. The molecule has 4 heteroatoms. The number of hydrogen-bond acceptors (Lipinski definition) is 0. The lowest BCUT2D eigenvalue weighted by molar-refractivity contribution is 0.553. The van der Waals surface area contributed by atoms with Gasteiger partial charge in [0.1, 0.15) is 17.5 Å². The van der Waals surface area contributed by atoms with E-state index in [-0.39, 0.29) is 15.4 Å². The van der Waals surface area contributed by atoms with Crippen molar-refractivity contribution in [2.75, 3.05) is 0 Å². The van der Waals surface area contributed by atoms with Crippen molar-refractivity contribution in [1.82, 2.24) is 0 Å². The van der Waals surface area contributed by atoms with Gasteiger partial charge in [0.05, 0.1) is 0 Å². The van der Waals surface area contributed by atoms with E-state index in [9.17, 15) is 13.2 Å². The molecule has 1 rings (SSSR count). The molecule has 0 aromatic heterocycles. The Morgan fingerprint density at radius 2 is 1.40 bits per heavy atom. The summed E-state index contributed by atoms with van der Waals surface area (Å²) < 4.78 is 36.9. The first-order chi connectivity index (χ1) is 4.61. The fourth-order valence-electron chi connectivity index (χ4n) is 0.614. The second-order valence-electron chi connectivity index (χ2n) is 1.99. The average molecular weight is 162 g/mol. The van der Waals surface area contributed by atoms with E-state index in [0.29, 0.717) is 12.1 Å². The molecule has 10 heavy (non-hydrogen) atoms. The van der Waals surface area contributed by atoms with Crippen LogP contribution in [0.2, 0.25) is 0 Å². The molecule has 1 aromatic rings. The minimum atomic E-state index is -0.866. The van der Waals surface area contributed by atoms with Gasteiger partial charge in [-0.2, -0.15) is 0 Å². The van der Waals surface area contributed by atoms with Crippen LogP contribution < -0.4 is 5.19 Å². The van der Waals surface area contributed by atoms with Gasteiger partial charge in [-0.3, -0.25) is 0 Å². The molecule has 0 bridgehead atoms. The van der Waals surface area contributed by atoms with Crippen molar-refractivity contribution in [3.05, 3.63) is 29.6 Å². The zero-order valence-corrected chi connectivity index (χ0v) is 7.29. The predicted octanol–water partition coefficient (Wildman–Crippen LogP) is 0.0946. The van der Waals surface area contributed by atoms with Crippen LogP contribution in [-0.4, -0.2) is 10.2 Å². The van der Waals surface area contributed by atoms with E-state index < -0.39 is 17.5 Å². The van der Waals surface area contributed by atoms with Gasteiger partial charge in [-0.1, -0.05) is 0 Å². The molecule has 0 aliphatic rings. The van der Waals surface area contributed by atoms with Gasteiger partial charge >= 0.3 is 0 Å². The van der Waals surface area contributed by atoms with E-state index >= 15 is 0 Å². The molecule has 0 fully saturated rings. The lowest BCUT2D eigenvalue weighted by atomic mass is 10.3. The summed E-state index contributed by atoms with van der Waals surface area (Å²) in [5.41, 5.74) is 0. The molecular weight excluding hydrogens is 157 g/mol. The van der Waals surface area contributed by atoms with E-state index in [2.05, 4.69) is 0 Å². The Morgan fingerprint density at radius 3 is 1.80 bits per heavy atom. The van der Waals surface area contributed by atoms with Gasteiger partial charge in [0.25, 0.3) is 0 Å². The lowest BCUT2D eigenvalue weighted by Gasteiger charge is -1.96. The van der Waals surface area contributed by atoms with Crippen LogP contribution in [0.5, 0.6) is 0 Å². The predicted molar refractivity (Wildman–Crippen MR) is 35.9 cm³/mol. The average Bonchev–Trinajstić information content (AvgIpc) is 1.82. The molecule has 0 saturated carbocycles. The monoisotopic (exact) mass is 162 g/mol. The summed E-state index contributed by atoms with van der Waals surface area (Å²) >= 11 is 0. The van der Waals surface area contributed by atoms with Crippen molar-refractivity contribution >= 4 is 15.4 Å². The Morgan fingerprint density at radius 1 is 1.00 bits per heavy atom. The third-order valence-corrected chi connectivity index (χ3v) is 2.20. The van der Waals surface area contributed by atoms with Crippen LogP contribution in [0.4, 0.5) is 13.2 Å². The maximum Gasteiger partial charge on any atom is 0.129 e. The van der Waals surface area contributed by atoms with Crippen molar-refractivity contribution in [1.29, 1.82) is 0 Å². The van der Waals surface area contributed by atoms with Gasteiger partial charge in [0.15, 0.2) is 0 Å². The molecule has 0 nitrogen and oxygen atoms in total. The highest BCUT2D eigenvalue weighted by atomic mass is 28.1. The van der Waals surface area contributed by atoms with Crippen molar-refractivity contribution in [2.24, 2.45) is 0 Å². The van der Waals surface area contributed by atoms with E-state index in [0.717, 1.165) is 0 Å². The highest BCUT2D eigenvalue weighted by Gasteiger charge is 2.04. The standard InChI is InChI=1S/C6H5F3Si/c7-3-1-4(8)6(10)5(9)2-3/h1-2H,10H3. The van der Waals surface area contributed by atoms with Crippen LogP contribution in [0.3, 0.4) is 0 Å². The first kappa shape index (κ1) is 7.34. The SMILES string of the molecule is Fc1cc(F)c([SiH3])c(F)c1. The Labute approximate surface area is 59.1 Å². The molecule has 0 atom stereocenters. The smallest absolute Gasteiger partial charge is 0.129 e. The molecule has 0 aliphatic heterocycles. The molecule has 0 N–H and O–H groups in total. The molecule has 0 saturated heterocycles. The van der Waals surface area contributed by atoms with Crippen LogP contribution in [0.1, 0.15) is 0 Å². The minimum absolute atomic E-state index is 0.0126. The molecule has 54 valence electrons. The molecule has 0 amide bonds. The van der Waals surface area contributed by atoms with Crippen molar-refractivity contribution in [2.45, 2.75) is 0 Å². The van der Waals surface area contributed by atoms with Crippen LogP contribution in [0, 0.1) is 17.5 Å². The highest BCUT2D eigenvalue weighted by molar-refractivity contribution is 6.32. The van der Waals surface area contributed by atoms with E-state index in [4.69, 9.17) is 0 Å². The summed E-state index contributed by atoms with van der Waals surface area (Å²) in [5.74, 6) is -2.44. The van der Waals surface area contributed by atoms with Gasteiger partial charge < -0.3 is 0 Å². The number of benzene rings is 1. The summed E-state index contributed by atoms with van der Waals surface area (Å²) in [6.45, 7) is 0. The minimum Gasteiger partial charge on any atom is -0.207 e. The Balaban J connectivity index is 3.31. The van der Waals surface area contributed by atoms with Crippen LogP contribution in [0.15, 0.2) is 12.1 Å².